The standard InChI is InChI=1S/C18H25N3S/c1-14-9-10-17(15(2)13-14)20-18(22)21(12-6-11-19)16-7-4-3-5-8-16/h9-10,13,16H,3-8,12H2,1-2H3,(H,20,22). The Balaban J connectivity index is 2.08. The van der Waals surface area contributed by atoms with Gasteiger partial charge in [-0.1, -0.05) is 37.0 Å². The number of rotatable bonds is 4. The smallest absolute Gasteiger partial charge is 0.173 e. The van der Waals surface area contributed by atoms with Crippen LogP contribution in [0.5, 0.6) is 0 Å². The van der Waals surface area contributed by atoms with E-state index in [0.29, 0.717) is 12.5 Å². The fourth-order valence-electron chi connectivity index (χ4n) is 3.15. The summed E-state index contributed by atoms with van der Waals surface area (Å²) in [5.74, 6) is 0. The molecule has 1 aromatic carbocycles. The van der Waals surface area contributed by atoms with Crippen LogP contribution in [-0.4, -0.2) is 22.6 Å². The van der Waals surface area contributed by atoms with E-state index in [9.17, 15) is 0 Å². The summed E-state index contributed by atoms with van der Waals surface area (Å²) in [5.41, 5.74) is 3.52. The van der Waals surface area contributed by atoms with Crippen molar-refractivity contribution in [3.05, 3.63) is 29.3 Å². The summed E-state index contributed by atoms with van der Waals surface area (Å²) in [7, 11) is 0. The quantitative estimate of drug-likeness (QED) is 0.827. The first-order chi connectivity index (χ1) is 10.6. The Kier molecular flexibility index (Phi) is 6.21. The van der Waals surface area contributed by atoms with Crippen molar-refractivity contribution in [2.24, 2.45) is 0 Å². The van der Waals surface area contributed by atoms with Crippen LogP contribution in [0.15, 0.2) is 18.2 Å². The Morgan fingerprint density at radius 3 is 2.68 bits per heavy atom. The largest absolute Gasteiger partial charge is 0.345 e. The zero-order valence-electron chi connectivity index (χ0n) is 13.6. The lowest BCUT2D eigenvalue weighted by Crippen LogP contribution is -2.44. The van der Waals surface area contributed by atoms with Gasteiger partial charge in [0.05, 0.1) is 12.5 Å². The molecule has 118 valence electrons. The van der Waals surface area contributed by atoms with Gasteiger partial charge in [-0.2, -0.15) is 5.26 Å². The number of anilines is 1. The normalized spacial score (nSPS) is 15.1. The zero-order valence-corrected chi connectivity index (χ0v) is 14.4. The summed E-state index contributed by atoms with van der Waals surface area (Å²) >= 11 is 5.65. The third-order valence-corrected chi connectivity index (χ3v) is 4.70. The molecule has 0 unspecified atom stereocenters. The van der Waals surface area contributed by atoms with Crippen molar-refractivity contribution in [3.63, 3.8) is 0 Å². The average Bonchev–Trinajstić information content (AvgIpc) is 2.51. The number of benzene rings is 1. The molecule has 4 heteroatoms. The molecule has 3 nitrogen and oxygen atoms in total. The minimum absolute atomic E-state index is 0.479. The van der Waals surface area contributed by atoms with Crippen LogP contribution < -0.4 is 5.32 Å². The minimum atomic E-state index is 0.479. The van der Waals surface area contributed by atoms with Gasteiger partial charge in [0.2, 0.25) is 0 Å². The number of thiocarbonyl (C=S) groups is 1. The van der Waals surface area contributed by atoms with Gasteiger partial charge in [0.25, 0.3) is 0 Å². The fraction of sp³-hybridized carbons (Fsp3) is 0.556. The lowest BCUT2D eigenvalue weighted by atomic mass is 9.94. The highest BCUT2D eigenvalue weighted by Gasteiger charge is 2.23. The second kappa shape index (κ2) is 8.14. The van der Waals surface area contributed by atoms with Gasteiger partial charge >= 0.3 is 0 Å². The fourth-order valence-corrected chi connectivity index (χ4v) is 3.50. The van der Waals surface area contributed by atoms with E-state index in [1.165, 1.54) is 43.2 Å². The predicted octanol–water partition coefficient (Wildman–Crippen LogP) is 4.55. The third kappa shape index (κ3) is 4.45. The van der Waals surface area contributed by atoms with Gasteiger partial charge in [-0.05, 0) is 50.5 Å². The maximum atomic E-state index is 8.92. The number of aryl methyl sites for hydroxylation is 2. The van der Waals surface area contributed by atoms with Gasteiger partial charge in [0.1, 0.15) is 0 Å². The van der Waals surface area contributed by atoms with Gasteiger partial charge in [0, 0.05) is 18.3 Å². The van der Waals surface area contributed by atoms with Gasteiger partial charge in [-0.25, -0.2) is 0 Å². The molecule has 2 rings (SSSR count). The van der Waals surface area contributed by atoms with E-state index in [1.54, 1.807) is 0 Å². The highest BCUT2D eigenvalue weighted by atomic mass is 32.1. The second-order valence-electron chi connectivity index (χ2n) is 6.14. The molecule has 0 aromatic heterocycles. The van der Waals surface area contributed by atoms with Crippen molar-refractivity contribution >= 4 is 23.0 Å². The molecule has 1 saturated carbocycles. The average molecular weight is 315 g/mol. The summed E-state index contributed by atoms with van der Waals surface area (Å²) in [4.78, 5) is 2.23. The van der Waals surface area contributed by atoms with E-state index in [2.05, 4.69) is 48.3 Å². The maximum Gasteiger partial charge on any atom is 0.173 e. The summed E-state index contributed by atoms with van der Waals surface area (Å²) < 4.78 is 0. The maximum absolute atomic E-state index is 8.92. The van der Waals surface area contributed by atoms with Crippen molar-refractivity contribution in [2.75, 3.05) is 11.9 Å². The van der Waals surface area contributed by atoms with Crippen molar-refractivity contribution in [1.29, 1.82) is 5.26 Å². The van der Waals surface area contributed by atoms with Gasteiger partial charge in [0.15, 0.2) is 5.11 Å². The van der Waals surface area contributed by atoms with Gasteiger partial charge in [-0.3, -0.25) is 0 Å². The number of nitrogens with one attached hydrogen (secondary N) is 1. The lowest BCUT2D eigenvalue weighted by Gasteiger charge is -2.36. The summed E-state index contributed by atoms with van der Waals surface area (Å²) in [6.07, 6.45) is 6.73. The molecule has 22 heavy (non-hydrogen) atoms. The Morgan fingerprint density at radius 1 is 1.32 bits per heavy atom. The van der Waals surface area contributed by atoms with Crippen LogP contribution in [0.1, 0.15) is 49.7 Å². The van der Waals surface area contributed by atoms with Crippen LogP contribution in [-0.2, 0) is 0 Å². The van der Waals surface area contributed by atoms with Crippen molar-refractivity contribution in [2.45, 2.75) is 58.4 Å². The van der Waals surface area contributed by atoms with E-state index < -0.39 is 0 Å². The Bertz CT molecular complexity index is 556. The predicted molar refractivity (Wildman–Crippen MR) is 95.9 cm³/mol. The van der Waals surface area contributed by atoms with Crippen LogP contribution >= 0.6 is 12.2 Å². The van der Waals surface area contributed by atoms with Crippen LogP contribution in [0.2, 0.25) is 0 Å². The first-order valence-corrected chi connectivity index (χ1v) is 8.54. The highest BCUT2D eigenvalue weighted by Crippen LogP contribution is 2.24. The molecule has 0 saturated heterocycles. The number of hydrogen-bond acceptors (Lipinski definition) is 2. The topological polar surface area (TPSA) is 39.1 Å². The van der Waals surface area contributed by atoms with Crippen molar-refractivity contribution < 1.29 is 0 Å². The monoisotopic (exact) mass is 315 g/mol. The van der Waals surface area contributed by atoms with Gasteiger partial charge < -0.3 is 10.2 Å². The van der Waals surface area contributed by atoms with E-state index in [1.807, 2.05) is 0 Å². The summed E-state index contributed by atoms with van der Waals surface area (Å²) in [5, 5.41) is 13.1. The Labute approximate surface area is 139 Å². The summed E-state index contributed by atoms with van der Waals surface area (Å²) in [6.45, 7) is 4.91. The van der Waals surface area contributed by atoms with E-state index in [0.717, 1.165) is 17.3 Å². The molecule has 1 aromatic rings. The molecule has 0 atom stereocenters. The first kappa shape index (κ1) is 16.8. The first-order valence-electron chi connectivity index (χ1n) is 8.13. The SMILES string of the molecule is Cc1ccc(NC(=S)N(CCC#N)C2CCCCC2)c(C)c1. The number of hydrogen-bond donors (Lipinski definition) is 1. The molecule has 0 amide bonds. The molecule has 0 spiro atoms. The number of nitrogens with zero attached hydrogens (tertiary/aromatic N) is 2. The van der Waals surface area contributed by atoms with E-state index >= 15 is 0 Å². The molecule has 1 N–H and O–H groups in total. The minimum Gasteiger partial charge on any atom is -0.345 e. The third-order valence-electron chi connectivity index (χ3n) is 4.36. The molecule has 0 radical (unpaired) electrons. The molecular formula is C18H25N3S. The summed E-state index contributed by atoms with van der Waals surface area (Å²) in [6, 6.07) is 9.06. The van der Waals surface area contributed by atoms with Crippen LogP contribution in [0.3, 0.4) is 0 Å². The van der Waals surface area contributed by atoms with Crippen molar-refractivity contribution in [1.82, 2.24) is 4.90 Å². The van der Waals surface area contributed by atoms with Gasteiger partial charge in [-0.15, -0.1) is 0 Å². The van der Waals surface area contributed by atoms with Crippen LogP contribution in [0.25, 0.3) is 0 Å². The molecular weight excluding hydrogens is 290 g/mol. The molecule has 0 heterocycles. The molecule has 1 aliphatic carbocycles. The Morgan fingerprint density at radius 2 is 2.05 bits per heavy atom. The lowest BCUT2D eigenvalue weighted by molar-refractivity contribution is 0.250. The second-order valence-corrected chi connectivity index (χ2v) is 6.53. The molecule has 1 fully saturated rings. The van der Waals surface area contributed by atoms with Crippen LogP contribution in [0.4, 0.5) is 5.69 Å². The molecule has 1 aliphatic rings. The highest BCUT2D eigenvalue weighted by molar-refractivity contribution is 7.80. The zero-order chi connectivity index (χ0) is 15.9. The van der Waals surface area contributed by atoms with Crippen LogP contribution in [0, 0.1) is 25.2 Å². The Hall–Kier alpha value is -1.60. The van der Waals surface area contributed by atoms with Crippen molar-refractivity contribution in [3.8, 4) is 6.07 Å². The van der Waals surface area contributed by atoms with E-state index in [-0.39, 0.29) is 0 Å². The molecule has 0 aliphatic heterocycles. The molecule has 0 bridgehead atoms. The van der Waals surface area contributed by atoms with E-state index in [4.69, 9.17) is 17.5 Å². The number of nitriles is 1.